The van der Waals surface area contributed by atoms with Gasteiger partial charge in [-0.15, -0.1) is 0 Å². The zero-order valence-electron chi connectivity index (χ0n) is 23.7. The van der Waals surface area contributed by atoms with Crippen LogP contribution >= 0.6 is 0 Å². The van der Waals surface area contributed by atoms with E-state index in [1.54, 1.807) is 31.2 Å². The zero-order chi connectivity index (χ0) is 28.9. The molecule has 4 aliphatic rings. The van der Waals surface area contributed by atoms with E-state index in [-0.39, 0.29) is 32.7 Å². The molecule has 0 radical (unpaired) electrons. The van der Waals surface area contributed by atoms with Gasteiger partial charge in [0, 0.05) is 56.4 Å². The van der Waals surface area contributed by atoms with Gasteiger partial charge in [-0.05, 0) is 85.7 Å². The Morgan fingerprint density at radius 2 is 1.76 bits per heavy atom. The number of fused-ring (bicyclic) bond motifs is 4. The fourth-order valence-corrected chi connectivity index (χ4v) is 7.42. The Balaban J connectivity index is 1.09. The summed E-state index contributed by atoms with van der Waals surface area (Å²) < 4.78 is 38.9. The van der Waals surface area contributed by atoms with E-state index >= 15 is 8.63 Å². The molecule has 2 aliphatic heterocycles. The minimum absolute atomic E-state index is 0.00298. The normalized spacial score (nSPS) is 23.7. The number of aliphatic hydroxyl groups excluding tert-OH is 2. The molecule has 0 amide bonds. The van der Waals surface area contributed by atoms with E-state index in [0.29, 0.717) is 53.4 Å². The van der Waals surface area contributed by atoms with Crippen LogP contribution in [0.15, 0.2) is 23.9 Å². The lowest BCUT2D eigenvalue weighted by Gasteiger charge is -2.30. The van der Waals surface area contributed by atoms with Gasteiger partial charge in [0.1, 0.15) is 5.71 Å². The molecule has 0 saturated heterocycles. The number of carbonyl (C=O) groups excluding carboxylic acids is 1. The molecule has 0 unspecified atom stereocenters. The number of aliphatic hydroxyl groups is 2. The first-order chi connectivity index (χ1) is 19.7. The van der Waals surface area contributed by atoms with Crippen molar-refractivity contribution in [2.24, 2.45) is 17.8 Å². The van der Waals surface area contributed by atoms with Crippen LogP contribution in [-0.4, -0.2) is 67.8 Å². The molecular formula is C30H37BF2N4O4. The summed E-state index contributed by atoms with van der Waals surface area (Å²) in [4.78, 5) is 12.6. The van der Waals surface area contributed by atoms with Gasteiger partial charge in [-0.25, -0.2) is 0 Å². The third-order valence-corrected chi connectivity index (χ3v) is 9.47. The summed E-state index contributed by atoms with van der Waals surface area (Å²) in [6.45, 7) is -0.174. The van der Waals surface area contributed by atoms with Gasteiger partial charge in [-0.3, -0.25) is 4.79 Å². The summed E-state index contributed by atoms with van der Waals surface area (Å²) >= 11 is 0. The van der Waals surface area contributed by atoms with Gasteiger partial charge in [0.05, 0.1) is 24.4 Å². The minimum Gasteiger partial charge on any atom is -0.465 e. The van der Waals surface area contributed by atoms with Gasteiger partial charge in [0.25, 0.3) is 0 Å². The number of esters is 1. The maximum atomic E-state index is 15.6. The van der Waals surface area contributed by atoms with Crippen molar-refractivity contribution < 1.29 is 32.9 Å². The first-order valence-corrected chi connectivity index (χ1v) is 14.7. The summed E-state index contributed by atoms with van der Waals surface area (Å²) in [7, 11) is 0. The van der Waals surface area contributed by atoms with Crippen molar-refractivity contribution in [3.8, 4) is 0 Å². The summed E-state index contributed by atoms with van der Waals surface area (Å²) in [6, 6.07) is 1.77. The van der Waals surface area contributed by atoms with Gasteiger partial charge < -0.3 is 32.5 Å². The molecule has 1 saturated carbocycles. The second-order valence-electron chi connectivity index (χ2n) is 11.8. The third kappa shape index (κ3) is 4.97. The largest absolute Gasteiger partial charge is 0.737 e. The smallest absolute Gasteiger partial charge is 0.465 e. The van der Waals surface area contributed by atoms with E-state index in [1.165, 1.54) is 0 Å². The van der Waals surface area contributed by atoms with Gasteiger partial charge in [0.15, 0.2) is 5.70 Å². The molecule has 0 spiro atoms. The van der Waals surface area contributed by atoms with Crippen LogP contribution in [0.4, 0.5) is 8.63 Å². The van der Waals surface area contributed by atoms with E-state index in [2.05, 4.69) is 10.2 Å². The van der Waals surface area contributed by atoms with Gasteiger partial charge in [-0.1, -0.05) is 0 Å². The molecule has 2 N–H and O–H groups in total. The minimum atomic E-state index is -4.06. The maximum Gasteiger partial charge on any atom is 0.737 e. The number of ether oxygens (including phenoxy) is 1. The number of aryl methyl sites for hydroxylation is 2. The molecule has 0 aromatic carbocycles. The van der Waals surface area contributed by atoms with Crippen LogP contribution in [0.3, 0.4) is 0 Å². The quantitative estimate of drug-likeness (QED) is 0.357. The lowest BCUT2D eigenvalue weighted by atomic mass is 9.90. The number of hydrogen-bond acceptors (Lipinski definition) is 6. The summed E-state index contributed by atoms with van der Waals surface area (Å²) in [6.07, 6.45) is 9.79. The predicted octanol–water partition coefficient (Wildman–Crippen LogP) is 3.33. The summed E-state index contributed by atoms with van der Waals surface area (Å²) in [5, 5.41) is 28.1. The number of carbonyl (C=O) groups is 1. The predicted molar refractivity (Wildman–Crippen MR) is 151 cm³/mol. The van der Waals surface area contributed by atoms with Gasteiger partial charge in [-0.2, -0.15) is 10.2 Å². The van der Waals surface area contributed by atoms with Crippen LogP contribution in [0.5, 0.6) is 0 Å². The van der Waals surface area contributed by atoms with Crippen molar-refractivity contribution >= 4 is 24.7 Å². The van der Waals surface area contributed by atoms with Crippen LogP contribution in [0.25, 0.3) is 6.08 Å². The standard InChI is InChI=1S/C30H37BF2N4O4/c1-18-15-19(2)36-29(18)16-21-4-3-20(37(21)31(36,32)33)5-10-30(40)41-14-12-28-25-9-7-23-22(26(23)17-39)6-8-24(25)27(11-13-38)34-35-28/h3-4,15-16,22-23,26,38-39H,5-14,17H2,1-2H3/t22-,23+,26-/m1/s1. The molecule has 3 atom stereocenters. The topological polar surface area (TPSA) is 100 Å². The molecule has 41 heavy (non-hydrogen) atoms. The van der Waals surface area contributed by atoms with Crippen molar-refractivity contribution in [2.75, 3.05) is 19.8 Å². The summed E-state index contributed by atoms with van der Waals surface area (Å²) in [5.41, 5.74) is 6.60. The molecule has 4 heterocycles. The van der Waals surface area contributed by atoms with Crippen molar-refractivity contribution in [2.45, 2.75) is 65.2 Å². The highest BCUT2D eigenvalue weighted by Gasteiger charge is 2.52. The van der Waals surface area contributed by atoms with Crippen LogP contribution < -0.4 is 0 Å². The number of hydrogen-bond donors (Lipinski definition) is 2. The molecule has 0 bridgehead atoms. The average molecular weight is 566 g/mol. The molecule has 218 valence electrons. The Kier molecular flexibility index (Phi) is 7.44. The molecule has 6 rings (SSSR count). The molecule has 8 nitrogen and oxygen atoms in total. The first kappa shape index (κ1) is 28.0. The van der Waals surface area contributed by atoms with Crippen molar-refractivity contribution in [1.82, 2.24) is 14.7 Å². The Bertz CT molecular complexity index is 1480. The number of aromatic nitrogens is 3. The fraction of sp³-hybridized carbons (Fsp3) is 0.533. The third-order valence-electron chi connectivity index (χ3n) is 9.47. The Labute approximate surface area is 238 Å². The van der Waals surface area contributed by atoms with E-state index in [9.17, 15) is 15.0 Å². The Morgan fingerprint density at radius 1 is 1.07 bits per heavy atom. The van der Waals surface area contributed by atoms with Crippen LogP contribution in [0.2, 0.25) is 0 Å². The molecule has 11 heteroatoms. The highest BCUT2D eigenvalue weighted by molar-refractivity contribution is 6.58. The highest BCUT2D eigenvalue weighted by Crippen LogP contribution is 2.52. The highest BCUT2D eigenvalue weighted by atomic mass is 19.2. The summed E-state index contributed by atoms with van der Waals surface area (Å²) in [5.74, 6) is 1.02. The maximum absolute atomic E-state index is 15.6. The van der Waals surface area contributed by atoms with E-state index in [4.69, 9.17) is 4.74 Å². The number of allylic oxidation sites excluding steroid dienone is 2. The molecule has 1 fully saturated rings. The average Bonchev–Trinajstić information content (AvgIpc) is 3.23. The monoisotopic (exact) mass is 566 g/mol. The second-order valence-corrected chi connectivity index (χ2v) is 11.8. The van der Waals surface area contributed by atoms with E-state index < -0.39 is 12.9 Å². The fourth-order valence-electron chi connectivity index (χ4n) is 7.42. The van der Waals surface area contributed by atoms with Crippen LogP contribution in [-0.2, 0) is 35.2 Å². The number of nitrogens with zero attached hydrogens (tertiary/aromatic N) is 4. The Morgan fingerprint density at radius 3 is 2.41 bits per heavy atom. The number of rotatable bonds is 9. The van der Waals surface area contributed by atoms with Crippen LogP contribution in [0.1, 0.15) is 65.1 Å². The van der Waals surface area contributed by atoms with E-state index in [1.807, 2.05) is 6.92 Å². The molecular weight excluding hydrogens is 529 g/mol. The van der Waals surface area contributed by atoms with Gasteiger partial charge in [0.2, 0.25) is 0 Å². The zero-order valence-corrected chi connectivity index (χ0v) is 23.7. The molecule has 2 aromatic heterocycles. The van der Waals surface area contributed by atoms with E-state index in [0.717, 1.165) is 62.7 Å². The molecule has 2 aromatic rings. The van der Waals surface area contributed by atoms with Crippen molar-refractivity contribution in [3.63, 3.8) is 0 Å². The SMILES string of the molecule is Cc1cc(C)n2c1C=C1C=CC(CCC(=O)OCCc3nnc(CCO)c4c3CC[C@@H]3[C@H](CO)[C@@H]3CC4)=[N+]1[B-]2(F)F. The Hall–Kier alpha value is -3.18. The molecule has 2 aliphatic carbocycles. The lowest BCUT2D eigenvalue weighted by Crippen LogP contribution is -2.50. The van der Waals surface area contributed by atoms with Crippen molar-refractivity contribution in [1.29, 1.82) is 0 Å². The first-order valence-electron chi connectivity index (χ1n) is 14.7. The van der Waals surface area contributed by atoms with Crippen LogP contribution in [0, 0.1) is 31.6 Å². The number of halogens is 2. The van der Waals surface area contributed by atoms with Crippen molar-refractivity contribution in [3.05, 3.63) is 63.4 Å². The lowest BCUT2D eigenvalue weighted by molar-refractivity contribution is -0.362. The van der Waals surface area contributed by atoms with Gasteiger partial charge >= 0.3 is 12.9 Å². The second kappa shape index (κ2) is 10.9.